The van der Waals surface area contributed by atoms with Crippen LogP contribution < -0.4 is 9.47 Å². The van der Waals surface area contributed by atoms with E-state index in [1.807, 2.05) is 13.8 Å². The average molecular weight is 457 g/mol. The molecule has 1 aromatic heterocycles. The molecule has 1 N–H and O–H groups in total. The van der Waals surface area contributed by atoms with Crippen molar-refractivity contribution >= 4 is 34.8 Å². The highest BCUT2D eigenvalue weighted by atomic mass is 35.5. The first-order chi connectivity index (χ1) is 13.8. The molecule has 3 rings (SSSR count). The highest BCUT2D eigenvalue weighted by Crippen LogP contribution is 2.36. The summed E-state index contributed by atoms with van der Waals surface area (Å²) in [6, 6.07) is 11.9. The van der Waals surface area contributed by atoms with Crippen LogP contribution >= 0.6 is 34.8 Å². The molecule has 6 nitrogen and oxygen atoms in total. The Balaban J connectivity index is 1.80. The van der Waals surface area contributed by atoms with Crippen LogP contribution in [0.1, 0.15) is 20.1 Å². The molecule has 29 heavy (non-hydrogen) atoms. The second kappa shape index (κ2) is 9.22. The molecule has 1 heterocycles. The Kier molecular flexibility index (Phi) is 6.90. The minimum absolute atomic E-state index is 0.132. The largest absolute Gasteiger partial charge is 0.490 e. The molecule has 2 atom stereocenters. The Labute approximate surface area is 183 Å². The summed E-state index contributed by atoms with van der Waals surface area (Å²) in [4.78, 5) is 3.95. The first-order valence-electron chi connectivity index (χ1n) is 8.79. The van der Waals surface area contributed by atoms with Crippen LogP contribution in [-0.2, 0) is 0 Å². The van der Waals surface area contributed by atoms with Gasteiger partial charge in [-0.3, -0.25) is 0 Å². The third-order valence-electron chi connectivity index (χ3n) is 4.35. The molecule has 0 radical (unpaired) electrons. The zero-order chi connectivity index (χ0) is 21.0. The molecule has 0 aliphatic rings. The SMILES string of the molecule is CC(C)(COc1c(Cl)cccc1Cl)C(O)C(Oc1ccc(Cl)cc1)n1cncn1. The van der Waals surface area contributed by atoms with Crippen LogP contribution in [0.4, 0.5) is 0 Å². The summed E-state index contributed by atoms with van der Waals surface area (Å²) < 4.78 is 13.3. The normalized spacial score (nSPS) is 13.7. The van der Waals surface area contributed by atoms with Gasteiger partial charge in [0, 0.05) is 10.4 Å². The zero-order valence-electron chi connectivity index (χ0n) is 15.8. The smallest absolute Gasteiger partial charge is 0.219 e. The van der Waals surface area contributed by atoms with E-state index in [2.05, 4.69) is 10.1 Å². The highest BCUT2D eigenvalue weighted by molar-refractivity contribution is 6.37. The fraction of sp³-hybridized carbons (Fsp3) is 0.300. The lowest BCUT2D eigenvalue weighted by Crippen LogP contribution is -2.43. The summed E-state index contributed by atoms with van der Waals surface area (Å²) in [7, 11) is 0. The van der Waals surface area contributed by atoms with Crippen molar-refractivity contribution in [2.75, 3.05) is 6.61 Å². The highest BCUT2D eigenvalue weighted by Gasteiger charge is 2.38. The zero-order valence-corrected chi connectivity index (χ0v) is 18.1. The van der Waals surface area contributed by atoms with Gasteiger partial charge in [-0.15, -0.1) is 0 Å². The molecule has 3 aromatic rings. The lowest BCUT2D eigenvalue weighted by atomic mass is 9.86. The summed E-state index contributed by atoms with van der Waals surface area (Å²) in [6.45, 7) is 3.82. The first-order valence-corrected chi connectivity index (χ1v) is 9.92. The van der Waals surface area contributed by atoms with E-state index in [0.717, 1.165) is 0 Å². The molecule has 154 valence electrons. The van der Waals surface area contributed by atoms with E-state index in [-0.39, 0.29) is 6.61 Å². The fourth-order valence-corrected chi connectivity index (χ4v) is 3.25. The van der Waals surface area contributed by atoms with Gasteiger partial charge in [0.1, 0.15) is 24.5 Å². The van der Waals surface area contributed by atoms with Crippen molar-refractivity contribution < 1.29 is 14.6 Å². The minimum Gasteiger partial charge on any atom is -0.490 e. The molecule has 0 bridgehead atoms. The Morgan fingerprint density at radius 2 is 1.72 bits per heavy atom. The predicted octanol–water partition coefficient (Wildman–Crippen LogP) is 5.28. The van der Waals surface area contributed by atoms with Crippen molar-refractivity contribution in [3.63, 3.8) is 0 Å². The molecule has 9 heteroatoms. The molecule has 0 fully saturated rings. The van der Waals surface area contributed by atoms with Crippen molar-refractivity contribution in [3.05, 3.63) is 70.2 Å². The average Bonchev–Trinajstić information content (AvgIpc) is 3.21. The fourth-order valence-electron chi connectivity index (χ4n) is 2.61. The number of rotatable bonds is 8. The van der Waals surface area contributed by atoms with Gasteiger partial charge in [0.05, 0.1) is 16.7 Å². The Morgan fingerprint density at radius 3 is 2.31 bits per heavy atom. The van der Waals surface area contributed by atoms with Gasteiger partial charge >= 0.3 is 0 Å². The molecule has 0 saturated heterocycles. The van der Waals surface area contributed by atoms with Crippen molar-refractivity contribution in [2.45, 2.75) is 26.2 Å². The maximum Gasteiger partial charge on any atom is 0.219 e. The predicted molar refractivity (Wildman–Crippen MR) is 113 cm³/mol. The molecule has 0 spiro atoms. The number of aromatic nitrogens is 3. The van der Waals surface area contributed by atoms with E-state index < -0.39 is 17.7 Å². The summed E-state index contributed by atoms with van der Waals surface area (Å²) >= 11 is 18.3. The number of nitrogens with zero attached hydrogens (tertiary/aromatic N) is 3. The van der Waals surface area contributed by atoms with Crippen molar-refractivity contribution in [3.8, 4) is 11.5 Å². The van der Waals surface area contributed by atoms with Gasteiger partial charge < -0.3 is 14.6 Å². The molecular weight excluding hydrogens is 437 g/mol. The van der Waals surface area contributed by atoms with Crippen molar-refractivity contribution in [1.29, 1.82) is 0 Å². The monoisotopic (exact) mass is 455 g/mol. The molecular formula is C20H20Cl3N3O3. The van der Waals surface area contributed by atoms with Crippen LogP contribution in [0.5, 0.6) is 11.5 Å². The second-order valence-corrected chi connectivity index (χ2v) is 8.36. The van der Waals surface area contributed by atoms with Gasteiger partial charge in [-0.25, -0.2) is 9.67 Å². The molecule has 0 aliphatic carbocycles. The van der Waals surface area contributed by atoms with E-state index >= 15 is 0 Å². The van der Waals surface area contributed by atoms with Crippen molar-refractivity contribution in [2.24, 2.45) is 5.41 Å². The van der Waals surface area contributed by atoms with E-state index in [1.54, 1.807) is 42.5 Å². The number of hydrogen-bond acceptors (Lipinski definition) is 5. The van der Waals surface area contributed by atoms with E-state index in [1.165, 1.54) is 17.3 Å². The number of ether oxygens (including phenoxy) is 2. The number of aliphatic hydroxyl groups excluding tert-OH is 1. The third-order valence-corrected chi connectivity index (χ3v) is 5.19. The Bertz CT molecular complexity index is 914. The van der Waals surface area contributed by atoms with Gasteiger partial charge in [-0.2, -0.15) is 5.10 Å². The van der Waals surface area contributed by atoms with Crippen LogP contribution in [-0.4, -0.2) is 32.6 Å². The van der Waals surface area contributed by atoms with Gasteiger partial charge in [-0.1, -0.05) is 54.7 Å². The maximum absolute atomic E-state index is 11.2. The first kappa shape index (κ1) is 21.7. The summed E-state index contributed by atoms with van der Waals surface area (Å²) in [6.07, 6.45) is 0.990. The number of halogens is 3. The molecule has 0 saturated carbocycles. The van der Waals surface area contributed by atoms with Gasteiger partial charge in [0.2, 0.25) is 6.23 Å². The molecule has 2 unspecified atom stereocenters. The number of para-hydroxylation sites is 1. The summed E-state index contributed by atoms with van der Waals surface area (Å²) in [5.41, 5.74) is -0.758. The van der Waals surface area contributed by atoms with Gasteiger partial charge in [0.15, 0.2) is 5.75 Å². The molecule has 0 aliphatic heterocycles. The van der Waals surface area contributed by atoms with E-state index in [0.29, 0.717) is 26.6 Å². The van der Waals surface area contributed by atoms with E-state index in [9.17, 15) is 5.11 Å². The quantitative estimate of drug-likeness (QED) is 0.499. The van der Waals surface area contributed by atoms with Gasteiger partial charge in [0.25, 0.3) is 0 Å². The number of aliphatic hydroxyl groups is 1. The lowest BCUT2D eigenvalue weighted by molar-refractivity contribution is -0.0916. The van der Waals surface area contributed by atoms with E-state index in [4.69, 9.17) is 44.3 Å². The van der Waals surface area contributed by atoms with Crippen LogP contribution in [0.3, 0.4) is 0 Å². The van der Waals surface area contributed by atoms with Gasteiger partial charge in [-0.05, 0) is 36.4 Å². The van der Waals surface area contributed by atoms with Crippen LogP contribution in [0.15, 0.2) is 55.1 Å². The molecule has 2 aromatic carbocycles. The van der Waals surface area contributed by atoms with Crippen LogP contribution in [0, 0.1) is 5.41 Å². The second-order valence-electron chi connectivity index (χ2n) is 7.11. The lowest BCUT2D eigenvalue weighted by Gasteiger charge is -2.35. The number of hydrogen-bond donors (Lipinski definition) is 1. The van der Waals surface area contributed by atoms with Crippen LogP contribution in [0.25, 0.3) is 0 Å². The molecule has 0 amide bonds. The number of benzene rings is 2. The van der Waals surface area contributed by atoms with Crippen molar-refractivity contribution in [1.82, 2.24) is 14.8 Å². The minimum atomic E-state index is -1.01. The summed E-state index contributed by atoms with van der Waals surface area (Å²) in [5, 5.41) is 16.7. The Hall–Kier alpha value is -1.99. The topological polar surface area (TPSA) is 69.4 Å². The Morgan fingerprint density at radius 1 is 1.07 bits per heavy atom. The third kappa shape index (κ3) is 5.34. The maximum atomic E-state index is 11.2. The summed E-state index contributed by atoms with van der Waals surface area (Å²) in [5.74, 6) is 0.895. The standard InChI is InChI=1S/C20H20Cl3N3O3/c1-20(2,10-28-17-15(22)4-3-5-16(17)23)18(27)19(26-12-24-11-25-26)29-14-8-6-13(21)7-9-14/h3-9,11-12,18-19,27H,10H2,1-2H3. The van der Waals surface area contributed by atoms with Crippen LogP contribution in [0.2, 0.25) is 15.1 Å².